The van der Waals surface area contributed by atoms with Gasteiger partial charge < -0.3 is 10.0 Å². The molecule has 2 aromatic rings. The quantitative estimate of drug-likeness (QED) is 0.629. The van der Waals surface area contributed by atoms with Crippen molar-refractivity contribution in [1.29, 1.82) is 0 Å². The van der Waals surface area contributed by atoms with Gasteiger partial charge in [0, 0.05) is 30.4 Å². The van der Waals surface area contributed by atoms with Gasteiger partial charge >= 0.3 is 35.6 Å². The minimum absolute atomic E-state index is 0.386. The maximum absolute atomic E-state index is 10.0. The predicted molar refractivity (Wildman–Crippen MR) is 97.6 cm³/mol. The van der Waals surface area contributed by atoms with Crippen LogP contribution in [0.15, 0.2) is 36.4 Å². The van der Waals surface area contributed by atoms with E-state index in [0.717, 1.165) is 5.30 Å². The second-order valence-electron chi connectivity index (χ2n) is 5.08. The fourth-order valence-corrected chi connectivity index (χ4v) is 3.57. The molecule has 0 saturated carbocycles. The molecule has 6 heteroatoms. The summed E-state index contributed by atoms with van der Waals surface area (Å²) in [6.07, 6.45) is 0. The van der Waals surface area contributed by atoms with E-state index in [4.69, 9.17) is 18.6 Å². The van der Waals surface area contributed by atoms with Gasteiger partial charge in [-0.15, -0.1) is 0 Å². The van der Waals surface area contributed by atoms with Gasteiger partial charge in [-0.2, -0.15) is 0 Å². The van der Waals surface area contributed by atoms with Crippen LogP contribution in [0.4, 0.5) is 5.69 Å². The van der Waals surface area contributed by atoms with Gasteiger partial charge in [-0.05, 0) is 37.6 Å². The molecule has 1 atom stereocenters. The molecular weight excluding hydrogens is 372 g/mol. The van der Waals surface area contributed by atoms with Crippen LogP contribution in [0.1, 0.15) is 11.1 Å². The molecule has 22 heavy (non-hydrogen) atoms. The third-order valence-electron chi connectivity index (χ3n) is 3.14. The molecular formula is C16H20Cl2NOPTi. The second kappa shape index (κ2) is 9.80. The molecule has 118 valence electrons. The number of aromatic hydroxyl groups is 1. The van der Waals surface area contributed by atoms with Crippen molar-refractivity contribution in [2.45, 2.75) is 13.8 Å². The Morgan fingerprint density at radius 2 is 1.73 bits per heavy atom. The number of aryl methyl sites for hydroxylation is 2. The first-order valence-electron chi connectivity index (χ1n) is 6.70. The summed E-state index contributed by atoms with van der Waals surface area (Å²) in [7, 11) is 14.4. The van der Waals surface area contributed by atoms with Gasteiger partial charge in [-0.1, -0.05) is 32.3 Å². The molecule has 2 nitrogen and oxygen atoms in total. The number of hydrogen-bond donors (Lipinski definition) is 1. The Kier molecular flexibility index (Phi) is 8.83. The normalized spacial score (nSPS) is 10.3. The van der Waals surface area contributed by atoms with Crippen LogP contribution in [0.3, 0.4) is 0 Å². The Labute approximate surface area is 151 Å². The van der Waals surface area contributed by atoms with Gasteiger partial charge in [0.25, 0.3) is 0 Å². The summed E-state index contributed by atoms with van der Waals surface area (Å²) in [6, 6.07) is 12.1. The number of halogens is 2. The first-order chi connectivity index (χ1) is 10.4. The van der Waals surface area contributed by atoms with Crippen LogP contribution in [-0.4, -0.2) is 19.2 Å². The van der Waals surface area contributed by atoms with Gasteiger partial charge in [0.05, 0.1) is 0 Å². The van der Waals surface area contributed by atoms with Crippen LogP contribution in [0, 0.1) is 13.8 Å². The number of hydrogen-bond acceptors (Lipinski definition) is 2. The van der Waals surface area contributed by atoms with E-state index < -0.39 is 17.0 Å². The molecule has 0 saturated heterocycles. The number of benzene rings is 2. The van der Waals surface area contributed by atoms with Crippen molar-refractivity contribution < 1.29 is 22.1 Å². The number of phenols is 1. The Bertz CT molecular complexity index is 623. The van der Waals surface area contributed by atoms with Gasteiger partial charge in [-0.3, -0.25) is 0 Å². The minimum atomic E-state index is -0.556. The van der Waals surface area contributed by atoms with E-state index in [0.29, 0.717) is 14.3 Å². The number of phenolic OH excluding ortho intramolecular Hbond substituents is 1. The van der Waals surface area contributed by atoms with Crippen molar-refractivity contribution in [3.05, 3.63) is 47.5 Å². The SMILES string of the molecule is Cc1ccc(O)c(Pc2c(C)cccc2N(C)C)c1.[Cl][Ti][Cl]. The third kappa shape index (κ3) is 5.76. The van der Waals surface area contributed by atoms with Crippen molar-refractivity contribution in [3.8, 4) is 5.75 Å². The topological polar surface area (TPSA) is 23.5 Å². The Hall–Kier alpha value is -0.236. The number of nitrogens with zero attached hydrogens (tertiary/aromatic N) is 1. The first-order valence-corrected chi connectivity index (χ1v) is 12.0. The molecule has 0 spiro atoms. The molecule has 1 unspecified atom stereocenters. The van der Waals surface area contributed by atoms with Crippen molar-refractivity contribution in [3.63, 3.8) is 0 Å². The molecule has 0 fully saturated rings. The summed E-state index contributed by atoms with van der Waals surface area (Å²) < 4.78 is 0. The van der Waals surface area contributed by atoms with Crippen LogP contribution < -0.4 is 15.5 Å². The first kappa shape index (κ1) is 19.8. The van der Waals surface area contributed by atoms with Gasteiger partial charge in [-0.25, -0.2) is 0 Å². The molecule has 0 aromatic heterocycles. The van der Waals surface area contributed by atoms with Crippen molar-refractivity contribution >= 4 is 43.5 Å². The number of anilines is 1. The molecule has 0 radical (unpaired) electrons. The molecule has 0 amide bonds. The summed E-state index contributed by atoms with van der Waals surface area (Å²) in [5.41, 5.74) is 3.67. The summed E-state index contributed by atoms with van der Waals surface area (Å²) in [5.74, 6) is 0.386. The fraction of sp³-hybridized carbons (Fsp3) is 0.250. The van der Waals surface area contributed by atoms with Crippen LogP contribution in [0.2, 0.25) is 0 Å². The van der Waals surface area contributed by atoms with E-state index in [9.17, 15) is 5.11 Å². The molecule has 0 aliphatic heterocycles. The van der Waals surface area contributed by atoms with E-state index in [2.05, 4.69) is 57.1 Å². The zero-order valence-corrected chi connectivity index (χ0v) is 17.2. The van der Waals surface area contributed by atoms with Gasteiger partial charge in [0.1, 0.15) is 5.75 Å². The average molecular weight is 392 g/mol. The monoisotopic (exact) mass is 391 g/mol. The third-order valence-corrected chi connectivity index (χ3v) is 4.71. The van der Waals surface area contributed by atoms with E-state index in [1.54, 1.807) is 6.07 Å². The van der Waals surface area contributed by atoms with E-state index >= 15 is 0 Å². The summed E-state index contributed by atoms with van der Waals surface area (Å²) in [5, 5.41) is 12.3. The molecule has 0 aliphatic rings. The predicted octanol–water partition coefficient (Wildman–Crippen LogP) is 4.08. The van der Waals surface area contributed by atoms with Crippen LogP contribution in [0.25, 0.3) is 0 Å². The van der Waals surface area contributed by atoms with E-state index in [1.165, 1.54) is 22.1 Å². The standard InChI is InChI=1S/C16H20NOP.2ClH.Ti/c1-11-8-9-14(18)15(10-11)19-16-12(2)6-5-7-13(16)17(3)4;;;/h5-10,18-19H,1-4H3;2*1H;/q;;;+2/p-2. The fourth-order valence-electron chi connectivity index (χ4n) is 2.07. The Morgan fingerprint density at radius 1 is 1.09 bits per heavy atom. The van der Waals surface area contributed by atoms with Crippen LogP contribution in [0.5, 0.6) is 5.75 Å². The molecule has 0 aliphatic carbocycles. The summed E-state index contributed by atoms with van der Waals surface area (Å²) >= 11 is -0.556. The van der Waals surface area contributed by atoms with Crippen LogP contribution in [-0.2, 0) is 17.0 Å². The second-order valence-corrected chi connectivity index (χ2v) is 8.95. The van der Waals surface area contributed by atoms with Crippen molar-refractivity contribution in [2.24, 2.45) is 0 Å². The van der Waals surface area contributed by atoms with Crippen LogP contribution >= 0.6 is 27.2 Å². The zero-order valence-electron chi connectivity index (χ0n) is 13.1. The van der Waals surface area contributed by atoms with E-state index in [1.807, 2.05) is 6.07 Å². The zero-order chi connectivity index (χ0) is 16.7. The Morgan fingerprint density at radius 3 is 2.32 bits per heavy atom. The molecule has 0 bridgehead atoms. The number of rotatable bonds is 3. The molecule has 2 rings (SSSR count). The maximum atomic E-state index is 10.0. The van der Waals surface area contributed by atoms with Crippen molar-refractivity contribution in [1.82, 2.24) is 0 Å². The van der Waals surface area contributed by atoms with Crippen molar-refractivity contribution in [2.75, 3.05) is 19.0 Å². The average Bonchev–Trinajstić information content (AvgIpc) is 2.45. The van der Waals surface area contributed by atoms with Gasteiger partial charge in [0.2, 0.25) is 0 Å². The molecule has 0 heterocycles. The molecule has 2 aromatic carbocycles. The Balaban J connectivity index is 0.000000745. The molecule has 1 N–H and O–H groups in total. The van der Waals surface area contributed by atoms with E-state index in [-0.39, 0.29) is 0 Å². The summed E-state index contributed by atoms with van der Waals surface area (Å²) in [6.45, 7) is 4.18. The summed E-state index contributed by atoms with van der Waals surface area (Å²) in [4.78, 5) is 2.13. The van der Waals surface area contributed by atoms with Gasteiger partial charge in [0.15, 0.2) is 0 Å².